The Balaban J connectivity index is 1.97. The average molecular weight is 260 g/mol. The summed E-state index contributed by atoms with van der Waals surface area (Å²) in [6.07, 6.45) is 2.08. The highest BCUT2D eigenvalue weighted by Crippen LogP contribution is 2.29. The van der Waals surface area contributed by atoms with Crippen LogP contribution < -0.4 is 22.6 Å². The molecule has 0 aliphatic heterocycles. The smallest absolute Gasteiger partial charge is 0.209 e. The highest BCUT2D eigenvalue weighted by Gasteiger charge is 2.25. The van der Waals surface area contributed by atoms with Gasteiger partial charge in [0.1, 0.15) is 0 Å². The van der Waals surface area contributed by atoms with Crippen molar-refractivity contribution in [2.24, 2.45) is 33.2 Å². The molecule has 19 heavy (non-hydrogen) atoms. The van der Waals surface area contributed by atoms with E-state index in [0.29, 0.717) is 5.92 Å². The molecule has 1 unspecified atom stereocenters. The van der Waals surface area contributed by atoms with Crippen molar-refractivity contribution < 1.29 is 0 Å². The first-order valence-electron chi connectivity index (χ1n) is 6.31. The zero-order chi connectivity index (χ0) is 13.8. The standard InChI is InChI=1S/C13H20N6/c1-8(17-13(16)19-18-12(14)15)11-6-9-4-2-3-5-10(9)7-11/h2-5,8,11H,6-7H2,1H3,(H4,14,15,18)(H3,16,17,19). The summed E-state index contributed by atoms with van der Waals surface area (Å²) in [7, 11) is 0. The highest BCUT2D eigenvalue weighted by atomic mass is 15.4. The van der Waals surface area contributed by atoms with Crippen molar-refractivity contribution >= 4 is 11.9 Å². The Morgan fingerprint density at radius 3 is 2.32 bits per heavy atom. The second kappa shape index (κ2) is 5.60. The Kier molecular flexibility index (Phi) is 3.89. The molecule has 1 aliphatic rings. The minimum atomic E-state index is -0.0703. The molecular formula is C13H20N6. The van der Waals surface area contributed by atoms with E-state index in [2.05, 4.69) is 46.7 Å². The van der Waals surface area contributed by atoms with E-state index in [4.69, 9.17) is 17.2 Å². The van der Waals surface area contributed by atoms with Gasteiger partial charge in [-0.05, 0) is 36.8 Å². The first kappa shape index (κ1) is 13.2. The summed E-state index contributed by atoms with van der Waals surface area (Å²) in [5, 5.41) is 3.61. The van der Waals surface area contributed by atoms with Gasteiger partial charge in [0.25, 0.3) is 0 Å². The Morgan fingerprint density at radius 1 is 1.21 bits per heavy atom. The van der Waals surface area contributed by atoms with Gasteiger partial charge in [0.05, 0.1) is 6.04 Å². The van der Waals surface area contributed by atoms with Gasteiger partial charge in [0.2, 0.25) is 11.9 Å². The van der Waals surface area contributed by atoms with E-state index in [1.165, 1.54) is 11.1 Å². The van der Waals surface area contributed by atoms with Crippen molar-refractivity contribution in [1.82, 2.24) is 5.43 Å². The van der Waals surface area contributed by atoms with Crippen molar-refractivity contribution in [1.29, 1.82) is 0 Å². The number of benzene rings is 1. The fourth-order valence-corrected chi connectivity index (χ4v) is 2.41. The first-order chi connectivity index (χ1) is 9.06. The lowest BCUT2D eigenvalue weighted by Gasteiger charge is -2.15. The van der Waals surface area contributed by atoms with Crippen LogP contribution in [0, 0.1) is 5.92 Å². The molecule has 6 heteroatoms. The quantitative estimate of drug-likeness (QED) is 0.344. The molecule has 1 atom stereocenters. The fraction of sp³-hybridized carbons (Fsp3) is 0.385. The van der Waals surface area contributed by atoms with Crippen LogP contribution in [0.3, 0.4) is 0 Å². The van der Waals surface area contributed by atoms with E-state index >= 15 is 0 Å². The van der Waals surface area contributed by atoms with Crippen LogP contribution in [-0.4, -0.2) is 18.0 Å². The van der Waals surface area contributed by atoms with Crippen molar-refractivity contribution in [3.63, 3.8) is 0 Å². The second-order valence-electron chi connectivity index (χ2n) is 4.84. The SMILES string of the molecule is CC(N=C(N)NN=C(N)N)C1Cc2ccccc2C1. The van der Waals surface area contributed by atoms with E-state index < -0.39 is 0 Å². The Morgan fingerprint density at radius 2 is 1.79 bits per heavy atom. The molecule has 0 heterocycles. The fourth-order valence-electron chi connectivity index (χ4n) is 2.41. The third-order valence-corrected chi connectivity index (χ3v) is 3.41. The van der Waals surface area contributed by atoms with Crippen LogP contribution in [0.15, 0.2) is 34.4 Å². The predicted molar refractivity (Wildman–Crippen MR) is 77.4 cm³/mol. The van der Waals surface area contributed by atoms with E-state index in [-0.39, 0.29) is 18.0 Å². The van der Waals surface area contributed by atoms with Crippen LogP contribution in [0.25, 0.3) is 0 Å². The molecule has 0 saturated heterocycles. The van der Waals surface area contributed by atoms with Gasteiger partial charge in [0, 0.05) is 0 Å². The Hall–Kier alpha value is -2.24. The maximum Gasteiger partial charge on any atom is 0.209 e. The van der Waals surface area contributed by atoms with E-state index in [1.54, 1.807) is 0 Å². The molecule has 0 radical (unpaired) electrons. The average Bonchev–Trinajstić information content (AvgIpc) is 2.80. The molecule has 7 N–H and O–H groups in total. The maximum absolute atomic E-state index is 5.72. The molecule has 0 bridgehead atoms. The van der Waals surface area contributed by atoms with Crippen LogP contribution in [0.5, 0.6) is 0 Å². The van der Waals surface area contributed by atoms with Crippen LogP contribution in [0.2, 0.25) is 0 Å². The summed E-state index contributed by atoms with van der Waals surface area (Å²) in [4.78, 5) is 4.38. The van der Waals surface area contributed by atoms with Crippen molar-refractivity contribution in [2.75, 3.05) is 0 Å². The van der Waals surface area contributed by atoms with E-state index in [1.807, 2.05) is 0 Å². The minimum Gasteiger partial charge on any atom is -0.369 e. The van der Waals surface area contributed by atoms with Gasteiger partial charge in [-0.15, -0.1) is 5.10 Å². The number of nitrogens with zero attached hydrogens (tertiary/aromatic N) is 2. The zero-order valence-corrected chi connectivity index (χ0v) is 11.0. The predicted octanol–water partition coefficient (Wildman–Crippen LogP) is -0.117. The monoisotopic (exact) mass is 260 g/mol. The van der Waals surface area contributed by atoms with Crippen molar-refractivity contribution in [2.45, 2.75) is 25.8 Å². The van der Waals surface area contributed by atoms with Crippen molar-refractivity contribution in [3.05, 3.63) is 35.4 Å². The minimum absolute atomic E-state index is 0.0703. The van der Waals surface area contributed by atoms with Gasteiger partial charge in [-0.3, -0.25) is 0 Å². The van der Waals surface area contributed by atoms with Crippen molar-refractivity contribution in [3.8, 4) is 0 Å². The number of hydrogen-bond donors (Lipinski definition) is 4. The molecule has 1 aromatic rings. The molecular weight excluding hydrogens is 240 g/mol. The summed E-state index contributed by atoms with van der Waals surface area (Å²) in [5.74, 6) is 0.632. The third-order valence-electron chi connectivity index (χ3n) is 3.41. The van der Waals surface area contributed by atoms with Gasteiger partial charge in [-0.25, -0.2) is 10.4 Å². The lowest BCUT2D eigenvalue weighted by atomic mass is 9.99. The number of hydrogen-bond acceptors (Lipinski definition) is 2. The summed E-state index contributed by atoms with van der Waals surface area (Å²) in [5.41, 5.74) is 21.5. The number of rotatable bonds is 3. The second-order valence-corrected chi connectivity index (χ2v) is 4.84. The molecule has 0 saturated carbocycles. The van der Waals surface area contributed by atoms with Gasteiger partial charge in [0.15, 0.2) is 0 Å². The third kappa shape index (κ3) is 3.37. The lowest BCUT2D eigenvalue weighted by molar-refractivity contribution is 0.467. The van der Waals surface area contributed by atoms with Crippen LogP contribution in [-0.2, 0) is 12.8 Å². The Labute approximate surface area is 112 Å². The molecule has 1 aromatic carbocycles. The number of nitrogens with one attached hydrogen (secondary N) is 1. The molecule has 0 spiro atoms. The summed E-state index contributed by atoms with van der Waals surface area (Å²) >= 11 is 0. The van der Waals surface area contributed by atoms with Gasteiger partial charge in [-0.1, -0.05) is 24.3 Å². The summed E-state index contributed by atoms with van der Waals surface area (Å²) in [6, 6.07) is 8.61. The zero-order valence-electron chi connectivity index (χ0n) is 11.0. The number of nitrogens with two attached hydrogens (primary N) is 3. The molecule has 0 aromatic heterocycles. The number of guanidine groups is 2. The largest absolute Gasteiger partial charge is 0.369 e. The van der Waals surface area contributed by atoms with E-state index in [0.717, 1.165) is 12.8 Å². The topological polar surface area (TPSA) is 115 Å². The number of aliphatic imine (C=N–C) groups is 1. The Bertz CT molecular complexity index is 479. The normalized spacial score (nSPS) is 16.8. The molecule has 6 nitrogen and oxygen atoms in total. The number of hydrazone groups is 1. The van der Waals surface area contributed by atoms with Gasteiger partial charge in [-0.2, -0.15) is 0 Å². The first-order valence-corrected chi connectivity index (χ1v) is 6.31. The van der Waals surface area contributed by atoms with Crippen LogP contribution >= 0.6 is 0 Å². The molecule has 0 fully saturated rings. The summed E-state index contributed by atoms with van der Waals surface area (Å²) < 4.78 is 0. The highest BCUT2D eigenvalue weighted by molar-refractivity contribution is 5.81. The van der Waals surface area contributed by atoms with Gasteiger partial charge >= 0.3 is 0 Å². The maximum atomic E-state index is 5.72. The molecule has 1 aliphatic carbocycles. The lowest BCUT2D eigenvalue weighted by Crippen LogP contribution is -2.34. The summed E-state index contributed by atoms with van der Waals surface area (Å²) in [6.45, 7) is 2.06. The number of fused-ring (bicyclic) bond motifs is 1. The van der Waals surface area contributed by atoms with E-state index in [9.17, 15) is 0 Å². The molecule has 102 valence electrons. The van der Waals surface area contributed by atoms with Crippen LogP contribution in [0.1, 0.15) is 18.1 Å². The molecule has 0 amide bonds. The van der Waals surface area contributed by atoms with Gasteiger partial charge < -0.3 is 17.2 Å². The molecule has 2 rings (SSSR count). The van der Waals surface area contributed by atoms with Crippen LogP contribution in [0.4, 0.5) is 0 Å².